The fourth-order valence-electron chi connectivity index (χ4n) is 2.14. The Morgan fingerprint density at radius 2 is 0.714 bits per heavy atom. The van der Waals surface area contributed by atoms with Crippen molar-refractivity contribution in [1.82, 2.24) is 0 Å². The first-order chi connectivity index (χ1) is 13.6. The summed E-state index contributed by atoms with van der Waals surface area (Å²) in [5.41, 5.74) is 2.23. The monoisotopic (exact) mass is 442 g/mol. The Morgan fingerprint density at radius 1 is 0.464 bits per heavy atom. The van der Waals surface area contributed by atoms with Crippen LogP contribution >= 0.6 is 45.3 Å². The van der Waals surface area contributed by atoms with E-state index < -0.39 is 8.60 Å². The predicted molar refractivity (Wildman–Crippen MR) is 125 cm³/mol. The van der Waals surface area contributed by atoms with Gasteiger partial charge in [-0.1, -0.05) is 91.0 Å². The molecule has 0 unspecified atom stereocenters. The zero-order valence-corrected chi connectivity index (χ0v) is 17.9. The number of benzene rings is 3. The van der Waals surface area contributed by atoms with Gasteiger partial charge in [-0.05, 0) is 36.7 Å². The van der Waals surface area contributed by atoms with Crippen molar-refractivity contribution in [1.29, 1.82) is 0 Å². The van der Waals surface area contributed by atoms with Gasteiger partial charge in [0.05, 0.1) is 0 Å². The molecule has 3 rings (SSSR count). The Bertz CT molecular complexity index is 823. The lowest BCUT2D eigenvalue weighted by atomic mass is 10.2. The lowest BCUT2D eigenvalue weighted by Crippen LogP contribution is -2.10. The molecule has 28 heavy (non-hydrogen) atoms. The molecule has 3 aromatic carbocycles. The lowest BCUT2D eigenvalue weighted by Gasteiger charge is -2.19. The smallest absolute Gasteiger partial charge is 0.396 e. The molecule has 7 heteroatoms. The maximum Gasteiger partial charge on any atom is 0.532 e. The third-order valence-electron chi connectivity index (χ3n) is 3.50. The minimum absolute atomic E-state index is 0.249. The molecule has 0 fully saturated rings. The van der Waals surface area contributed by atoms with Crippen LogP contribution in [0.3, 0.4) is 0 Å². The second-order valence-corrected chi connectivity index (χ2v) is 7.57. The Hall–Kier alpha value is -2.24. The molecule has 3 nitrogen and oxygen atoms in total. The van der Waals surface area contributed by atoms with Crippen molar-refractivity contribution < 1.29 is 13.6 Å². The summed E-state index contributed by atoms with van der Waals surface area (Å²) in [4.78, 5) is 0. The van der Waals surface area contributed by atoms with E-state index in [1.54, 1.807) is 0 Å². The summed E-state index contributed by atoms with van der Waals surface area (Å²) >= 11 is 16.1. The molecule has 0 radical (unpaired) electrons. The standard InChI is InChI=1S/C21H15O3PS3/c26-19(16-10-4-1-5-11-16)22-25(23-20(27)17-12-6-2-7-13-17)24-21(28)18-14-8-3-9-15-18/h1-15H. The van der Waals surface area contributed by atoms with Crippen LogP contribution in [0.5, 0.6) is 0 Å². The van der Waals surface area contributed by atoms with Crippen LogP contribution in [0.4, 0.5) is 0 Å². The van der Waals surface area contributed by atoms with Gasteiger partial charge in [-0.2, -0.15) is 0 Å². The minimum Gasteiger partial charge on any atom is -0.396 e. The maximum absolute atomic E-state index is 5.80. The molecule has 0 atom stereocenters. The van der Waals surface area contributed by atoms with E-state index in [0.29, 0.717) is 0 Å². The summed E-state index contributed by atoms with van der Waals surface area (Å²) in [5.74, 6) is 0. The van der Waals surface area contributed by atoms with E-state index in [2.05, 4.69) is 0 Å². The van der Waals surface area contributed by atoms with E-state index in [9.17, 15) is 0 Å². The summed E-state index contributed by atoms with van der Waals surface area (Å²) in [7, 11) is -1.97. The van der Waals surface area contributed by atoms with Gasteiger partial charge in [0.1, 0.15) is 0 Å². The Labute approximate surface area is 181 Å². The van der Waals surface area contributed by atoms with Crippen LogP contribution in [-0.4, -0.2) is 15.2 Å². The van der Waals surface area contributed by atoms with E-state index in [1.807, 2.05) is 91.0 Å². The molecule has 0 aliphatic heterocycles. The van der Waals surface area contributed by atoms with E-state index in [4.69, 9.17) is 50.2 Å². The summed E-state index contributed by atoms with van der Waals surface area (Å²) in [6, 6.07) is 28.0. The van der Waals surface area contributed by atoms with Gasteiger partial charge in [0, 0.05) is 16.7 Å². The van der Waals surface area contributed by atoms with Crippen molar-refractivity contribution in [3.8, 4) is 0 Å². The van der Waals surface area contributed by atoms with Crippen molar-refractivity contribution in [2.45, 2.75) is 0 Å². The maximum atomic E-state index is 5.80. The van der Waals surface area contributed by atoms with E-state index >= 15 is 0 Å². The zero-order valence-electron chi connectivity index (χ0n) is 14.6. The molecule has 0 amide bonds. The molecule has 0 bridgehead atoms. The molecule has 0 aromatic heterocycles. The summed E-state index contributed by atoms with van der Waals surface area (Å²) in [6.45, 7) is 0. The average Bonchev–Trinajstić information content (AvgIpc) is 2.75. The second kappa shape index (κ2) is 10.3. The fourth-order valence-corrected chi connectivity index (χ4v) is 3.93. The molecule has 140 valence electrons. The van der Waals surface area contributed by atoms with E-state index in [1.165, 1.54) is 0 Å². The fraction of sp³-hybridized carbons (Fsp3) is 0. The first-order valence-electron chi connectivity index (χ1n) is 8.25. The minimum atomic E-state index is -1.97. The molecule has 0 saturated carbocycles. The number of rotatable bonds is 6. The van der Waals surface area contributed by atoms with Gasteiger partial charge >= 0.3 is 8.60 Å². The van der Waals surface area contributed by atoms with Gasteiger partial charge in [0.15, 0.2) is 0 Å². The van der Waals surface area contributed by atoms with E-state index in [-0.39, 0.29) is 15.2 Å². The van der Waals surface area contributed by atoms with Crippen molar-refractivity contribution in [2.75, 3.05) is 0 Å². The molecular weight excluding hydrogens is 427 g/mol. The number of hydrogen-bond donors (Lipinski definition) is 0. The number of hydrogen-bond acceptors (Lipinski definition) is 6. The third-order valence-corrected chi connectivity index (χ3v) is 5.82. The molecule has 0 saturated heterocycles. The molecule has 0 aliphatic rings. The molecule has 0 N–H and O–H groups in total. The lowest BCUT2D eigenvalue weighted by molar-refractivity contribution is 0.388. The second-order valence-electron chi connectivity index (χ2n) is 5.46. The Morgan fingerprint density at radius 3 is 0.964 bits per heavy atom. The first-order valence-corrected chi connectivity index (χ1v) is 10.6. The van der Waals surface area contributed by atoms with Crippen LogP contribution in [0.1, 0.15) is 16.7 Å². The Kier molecular flexibility index (Phi) is 7.57. The number of thiocarbonyl (C=S) groups is 3. The highest BCUT2D eigenvalue weighted by Gasteiger charge is 2.25. The largest absolute Gasteiger partial charge is 0.532 e. The molecule has 0 spiro atoms. The summed E-state index contributed by atoms with van der Waals surface area (Å²) in [5, 5.41) is 0.746. The van der Waals surface area contributed by atoms with Gasteiger partial charge in [0.2, 0.25) is 15.2 Å². The van der Waals surface area contributed by atoms with E-state index in [0.717, 1.165) is 16.7 Å². The normalized spacial score (nSPS) is 10.2. The third kappa shape index (κ3) is 5.88. The van der Waals surface area contributed by atoms with Crippen LogP contribution in [0.25, 0.3) is 0 Å². The van der Waals surface area contributed by atoms with Gasteiger partial charge < -0.3 is 13.6 Å². The SMILES string of the molecule is S=C(OP(OC(=S)c1ccccc1)OC(=S)c1ccccc1)c1ccccc1. The van der Waals surface area contributed by atoms with Crippen molar-refractivity contribution in [2.24, 2.45) is 0 Å². The molecule has 3 aromatic rings. The van der Waals surface area contributed by atoms with Crippen molar-refractivity contribution in [3.63, 3.8) is 0 Å². The highest BCUT2D eigenvalue weighted by atomic mass is 32.1. The van der Waals surface area contributed by atoms with Crippen molar-refractivity contribution in [3.05, 3.63) is 108 Å². The average molecular weight is 443 g/mol. The molecular formula is C21H15O3PS3. The van der Waals surface area contributed by atoms with Crippen LogP contribution in [0.15, 0.2) is 91.0 Å². The first kappa shape index (κ1) is 20.5. The molecule has 0 heterocycles. The highest BCUT2D eigenvalue weighted by molar-refractivity contribution is 7.82. The van der Waals surface area contributed by atoms with Crippen LogP contribution < -0.4 is 0 Å². The summed E-state index contributed by atoms with van der Waals surface area (Å²) < 4.78 is 17.4. The summed E-state index contributed by atoms with van der Waals surface area (Å²) in [6.07, 6.45) is 0. The van der Waals surface area contributed by atoms with Gasteiger partial charge in [-0.3, -0.25) is 0 Å². The quantitative estimate of drug-likeness (QED) is 0.324. The van der Waals surface area contributed by atoms with Gasteiger partial charge in [0.25, 0.3) is 0 Å². The van der Waals surface area contributed by atoms with Crippen LogP contribution in [-0.2, 0) is 13.6 Å². The topological polar surface area (TPSA) is 27.7 Å². The molecule has 0 aliphatic carbocycles. The Balaban J connectivity index is 1.76. The van der Waals surface area contributed by atoms with Gasteiger partial charge in [-0.15, -0.1) is 0 Å². The van der Waals surface area contributed by atoms with Crippen LogP contribution in [0.2, 0.25) is 0 Å². The van der Waals surface area contributed by atoms with Crippen molar-refractivity contribution >= 4 is 60.4 Å². The zero-order chi connectivity index (χ0) is 19.8. The predicted octanol–water partition coefficient (Wildman–Crippen LogP) is 6.39. The van der Waals surface area contributed by atoms with Crippen LogP contribution in [0, 0.1) is 0 Å². The van der Waals surface area contributed by atoms with Gasteiger partial charge in [-0.25, -0.2) is 0 Å². The highest BCUT2D eigenvalue weighted by Crippen LogP contribution is 2.43.